The Morgan fingerprint density at radius 3 is 2.74 bits per heavy atom. The molecule has 1 heterocycles. The van der Waals surface area contributed by atoms with Crippen LogP contribution in [0.4, 0.5) is 0 Å². The molecule has 0 unspecified atom stereocenters. The summed E-state index contributed by atoms with van der Waals surface area (Å²) in [5.74, 6) is 0.888. The highest BCUT2D eigenvalue weighted by atomic mass is 79.9. The minimum absolute atomic E-state index is 0.646. The summed E-state index contributed by atoms with van der Waals surface area (Å²) >= 11 is 3.40. The Kier molecular flexibility index (Phi) is 5.36. The van der Waals surface area contributed by atoms with Crippen LogP contribution in [0, 0.1) is 6.92 Å². The van der Waals surface area contributed by atoms with E-state index in [2.05, 4.69) is 39.2 Å². The summed E-state index contributed by atoms with van der Waals surface area (Å²) in [5, 5.41) is 3.33. The van der Waals surface area contributed by atoms with Gasteiger partial charge in [0, 0.05) is 23.8 Å². The zero-order valence-corrected chi connectivity index (χ0v) is 12.5. The highest BCUT2D eigenvalue weighted by Gasteiger charge is 1.98. The third kappa shape index (κ3) is 4.65. The predicted molar refractivity (Wildman–Crippen MR) is 80.3 cm³/mol. The molecule has 0 bridgehead atoms. The lowest BCUT2D eigenvalue weighted by Gasteiger charge is -2.08. The maximum Gasteiger partial charge on any atom is 0.119 e. The van der Waals surface area contributed by atoms with E-state index in [9.17, 15) is 0 Å². The summed E-state index contributed by atoms with van der Waals surface area (Å²) in [6, 6.07) is 11.9. The molecule has 0 fully saturated rings. The van der Waals surface area contributed by atoms with Crippen LogP contribution in [-0.4, -0.2) is 18.1 Å². The molecule has 100 valence electrons. The maximum absolute atomic E-state index is 5.63. The smallest absolute Gasteiger partial charge is 0.119 e. The molecule has 1 aromatic heterocycles. The van der Waals surface area contributed by atoms with Gasteiger partial charge < -0.3 is 10.1 Å². The number of halogens is 1. The minimum atomic E-state index is 0.646. The van der Waals surface area contributed by atoms with Gasteiger partial charge in [-0.25, -0.2) is 0 Å². The van der Waals surface area contributed by atoms with Crippen LogP contribution in [-0.2, 0) is 6.54 Å². The third-order valence-electron chi connectivity index (χ3n) is 2.77. The zero-order valence-electron chi connectivity index (χ0n) is 10.9. The molecular weight excluding hydrogens is 304 g/mol. The lowest BCUT2D eigenvalue weighted by Crippen LogP contribution is -2.21. The molecule has 4 heteroatoms. The van der Waals surface area contributed by atoms with E-state index in [4.69, 9.17) is 4.74 Å². The fourth-order valence-corrected chi connectivity index (χ4v) is 1.95. The monoisotopic (exact) mass is 320 g/mol. The summed E-state index contributed by atoms with van der Waals surface area (Å²) in [6.45, 7) is 4.29. The molecule has 1 aromatic carbocycles. The van der Waals surface area contributed by atoms with Gasteiger partial charge in [0.05, 0.1) is 5.69 Å². The average molecular weight is 321 g/mol. The predicted octanol–water partition coefficient (Wildman–Crippen LogP) is 3.32. The minimum Gasteiger partial charge on any atom is -0.492 e. The Labute approximate surface area is 122 Å². The SMILES string of the molecule is Cc1cccnc1CNCCOc1ccc(Br)cc1. The van der Waals surface area contributed by atoms with Crippen molar-refractivity contribution < 1.29 is 4.74 Å². The standard InChI is InChI=1S/C15H17BrN2O/c1-12-3-2-8-18-15(12)11-17-9-10-19-14-6-4-13(16)5-7-14/h2-8,17H,9-11H2,1H3. The van der Waals surface area contributed by atoms with Gasteiger partial charge in [0.15, 0.2) is 0 Å². The largest absolute Gasteiger partial charge is 0.492 e. The molecule has 2 rings (SSSR count). The van der Waals surface area contributed by atoms with Crippen LogP contribution in [0.1, 0.15) is 11.3 Å². The number of hydrogen-bond acceptors (Lipinski definition) is 3. The van der Waals surface area contributed by atoms with Gasteiger partial charge in [-0.3, -0.25) is 4.98 Å². The van der Waals surface area contributed by atoms with Crippen molar-refractivity contribution in [3.05, 3.63) is 58.3 Å². The Bertz CT molecular complexity index is 514. The molecule has 0 aliphatic rings. The van der Waals surface area contributed by atoms with Crippen LogP contribution in [0.5, 0.6) is 5.75 Å². The van der Waals surface area contributed by atoms with E-state index in [1.165, 1.54) is 5.56 Å². The molecule has 2 aromatic rings. The highest BCUT2D eigenvalue weighted by Crippen LogP contribution is 2.15. The molecule has 1 N–H and O–H groups in total. The van der Waals surface area contributed by atoms with Crippen molar-refractivity contribution in [3.8, 4) is 5.75 Å². The van der Waals surface area contributed by atoms with Crippen molar-refractivity contribution in [3.63, 3.8) is 0 Å². The highest BCUT2D eigenvalue weighted by molar-refractivity contribution is 9.10. The second kappa shape index (κ2) is 7.26. The number of ether oxygens (including phenoxy) is 1. The van der Waals surface area contributed by atoms with Crippen molar-refractivity contribution in [2.24, 2.45) is 0 Å². The quantitative estimate of drug-likeness (QED) is 0.829. The Hall–Kier alpha value is -1.39. The van der Waals surface area contributed by atoms with Crippen LogP contribution < -0.4 is 10.1 Å². The van der Waals surface area contributed by atoms with E-state index >= 15 is 0 Å². The number of aryl methyl sites for hydroxylation is 1. The van der Waals surface area contributed by atoms with Crippen LogP contribution in [0.2, 0.25) is 0 Å². The normalized spacial score (nSPS) is 10.4. The number of hydrogen-bond donors (Lipinski definition) is 1. The Balaban J connectivity index is 1.67. The van der Waals surface area contributed by atoms with Crippen molar-refractivity contribution in [2.75, 3.05) is 13.2 Å². The average Bonchev–Trinajstić information content (AvgIpc) is 2.42. The second-order valence-electron chi connectivity index (χ2n) is 4.25. The van der Waals surface area contributed by atoms with E-state index in [-0.39, 0.29) is 0 Å². The first kappa shape index (κ1) is 14.0. The lowest BCUT2D eigenvalue weighted by molar-refractivity contribution is 0.313. The molecule has 0 radical (unpaired) electrons. The fourth-order valence-electron chi connectivity index (χ4n) is 1.68. The summed E-state index contributed by atoms with van der Waals surface area (Å²) in [6.07, 6.45) is 1.82. The van der Waals surface area contributed by atoms with Crippen LogP contribution >= 0.6 is 15.9 Å². The number of rotatable bonds is 6. The lowest BCUT2D eigenvalue weighted by atomic mass is 10.2. The number of nitrogens with zero attached hydrogens (tertiary/aromatic N) is 1. The first-order chi connectivity index (χ1) is 9.25. The van der Waals surface area contributed by atoms with Gasteiger partial charge in [0.25, 0.3) is 0 Å². The molecule has 0 saturated heterocycles. The van der Waals surface area contributed by atoms with Gasteiger partial charge in [0.1, 0.15) is 12.4 Å². The van der Waals surface area contributed by atoms with Gasteiger partial charge in [-0.1, -0.05) is 22.0 Å². The molecule has 0 aliphatic heterocycles. The number of aromatic nitrogens is 1. The molecular formula is C15H17BrN2O. The van der Waals surface area contributed by atoms with Crippen molar-refractivity contribution in [2.45, 2.75) is 13.5 Å². The summed E-state index contributed by atoms with van der Waals surface area (Å²) in [7, 11) is 0. The first-order valence-electron chi connectivity index (χ1n) is 6.25. The van der Waals surface area contributed by atoms with Crippen molar-refractivity contribution in [1.29, 1.82) is 0 Å². The van der Waals surface area contributed by atoms with E-state index in [0.29, 0.717) is 6.61 Å². The topological polar surface area (TPSA) is 34.2 Å². The van der Waals surface area contributed by atoms with Crippen molar-refractivity contribution in [1.82, 2.24) is 10.3 Å². The van der Waals surface area contributed by atoms with E-state index in [1.54, 1.807) is 0 Å². The van der Waals surface area contributed by atoms with Crippen molar-refractivity contribution >= 4 is 15.9 Å². The second-order valence-corrected chi connectivity index (χ2v) is 5.16. The zero-order chi connectivity index (χ0) is 13.5. The summed E-state index contributed by atoms with van der Waals surface area (Å²) in [5.41, 5.74) is 2.30. The number of pyridine rings is 1. The van der Waals surface area contributed by atoms with Gasteiger partial charge in [-0.2, -0.15) is 0 Å². The fraction of sp³-hybridized carbons (Fsp3) is 0.267. The van der Waals surface area contributed by atoms with Crippen LogP contribution in [0.15, 0.2) is 47.1 Å². The molecule has 0 aliphatic carbocycles. The van der Waals surface area contributed by atoms with Crippen LogP contribution in [0.3, 0.4) is 0 Å². The molecule has 0 amide bonds. The summed E-state index contributed by atoms with van der Waals surface area (Å²) < 4.78 is 6.68. The van der Waals surface area contributed by atoms with E-state index in [1.807, 2.05) is 36.5 Å². The Morgan fingerprint density at radius 1 is 1.21 bits per heavy atom. The first-order valence-corrected chi connectivity index (χ1v) is 7.04. The van der Waals surface area contributed by atoms with Gasteiger partial charge in [0.2, 0.25) is 0 Å². The third-order valence-corrected chi connectivity index (χ3v) is 3.30. The maximum atomic E-state index is 5.63. The van der Waals surface area contributed by atoms with E-state index in [0.717, 1.165) is 29.0 Å². The van der Waals surface area contributed by atoms with E-state index < -0.39 is 0 Å². The molecule has 19 heavy (non-hydrogen) atoms. The molecule has 0 spiro atoms. The Morgan fingerprint density at radius 2 is 2.00 bits per heavy atom. The molecule has 3 nitrogen and oxygen atoms in total. The summed E-state index contributed by atoms with van der Waals surface area (Å²) in [4.78, 5) is 4.34. The molecule has 0 saturated carbocycles. The number of nitrogens with one attached hydrogen (secondary N) is 1. The number of benzene rings is 1. The van der Waals surface area contributed by atoms with Gasteiger partial charge in [-0.15, -0.1) is 0 Å². The van der Waals surface area contributed by atoms with Gasteiger partial charge >= 0.3 is 0 Å². The van der Waals surface area contributed by atoms with Crippen LogP contribution in [0.25, 0.3) is 0 Å². The van der Waals surface area contributed by atoms with Gasteiger partial charge in [-0.05, 0) is 42.8 Å². The molecule has 0 atom stereocenters.